The molecule has 0 heterocycles. The first-order valence-corrected chi connectivity index (χ1v) is 6.42. The van der Waals surface area contributed by atoms with E-state index in [9.17, 15) is 10.1 Å². The number of halogens is 1. The van der Waals surface area contributed by atoms with E-state index in [1.807, 2.05) is 19.1 Å². The summed E-state index contributed by atoms with van der Waals surface area (Å²) in [5.41, 5.74) is 0.897. The molecule has 0 aliphatic heterocycles. The predicted molar refractivity (Wildman–Crippen MR) is 79.0 cm³/mol. The molecule has 5 nitrogen and oxygen atoms in total. The van der Waals surface area contributed by atoms with E-state index >= 15 is 0 Å². The number of rotatable bonds is 5. The minimum Gasteiger partial charge on any atom is -0.494 e. The molecular weight excluding hydrogens is 280 g/mol. The quantitative estimate of drug-likeness (QED) is 0.655. The fourth-order valence-electron chi connectivity index (χ4n) is 1.79. The first-order chi connectivity index (χ1) is 9.61. The monoisotopic (exact) mass is 292 g/mol. The molecule has 1 N–H and O–H groups in total. The average Bonchev–Trinajstić information content (AvgIpc) is 2.39. The lowest BCUT2D eigenvalue weighted by Gasteiger charge is -2.09. The molecule has 0 amide bonds. The molecule has 20 heavy (non-hydrogen) atoms. The number of nitrogens with one attached hydrogen (secondary N) is 1. The van der Waals surface area contributed by atoms with Gasteiger partial charge in [-0.3, -0.25) is 10.1 Å². The minimum absolute atomic E-state index is 0.0981. The molecule has 0 aliphatic carbocycles. The zero-order valence-corrected chi connectivity index (χ0v) is 11.6. The normalized spacial score (nSPS) is 10.1. The maximum atomic E-state index is 11.1. The summed E-state index contributed by atoms with van der Waals surface area (Å²) in [4.78, 5) is 10.6. The molecular formula is C14H13ClN2O3. The molecule has 0 aromatic heterocycles. The second-order valence-corrected chi connectivity index (χ2v) is 4.39. The van der Waals surface area contributed by atoms with Crippen LogP contribution in [0.25, 0.3) is 0 Å². The zero-order chi connectivity index (χ0) is 14.5. The smallest absolute Gasteiger partial charge is 0.311 e. The van der Waals surface area contributed by atoms with E-state index in [0.29, 0.717) is 23.7 Å². The van der Waals surface area contributed by atoms with Gasteiger partial charge in [-0.2, -0.15) is 0 Å². The fourth-order valence-corrected chi connectivity index (χ4v) is 2.03. The summed E-state index contributed by atoms with van der Waals surface area (Å²) < 4.78 is 5.39. The molecule has 0 saturated heterocycles. The summed E-state index contributed by atoms with van der Waals surface area (Å²) in [6, 6.07) is 12.0. The van der Waals surface area contributed by atoms with Crippen molar-refractivity contribution in [3.8, 4) is 5.75 Å². The lowest BCUT2D eigenvalue weighted by molar-refractivity contribution is -0.383. The second kappa shape index (κ2) is 6.25. The Labute approximate surface area is 121 Å². The van der Waals surface area contributed by atoms with Gasteiger partial charge in [-0.1, -0.05) is 23.7 Å². The number of hydrogen-bond acceptors (Lipinski definition) is 4. The van der Waals surface area contributed by atoms with Crippen molar-refractivity contribution in [3.63, 3.8) is 0 Å². The highest BCUT2D eigenvalue weighted by Gasteiger charge is 2.18. The number of benzene rings is 2. The Bertz CT molecular complexity index is 632. The van der Waals surface area contributed by atoms with Gasteiger partial charge in [0, 0.05) is 11.8 Å². The van der Waals surface area contributed by atoms with Gasteiger partial charge in [-0.05, 0) is 31.2 Å². The Balaban J connectivity index is 2.32. The van der Waals surface area contributed by atoms with Gasteiger partial charge in [0.15, 0.2) is 0 Å². The van der Waals surface area contributed by atoms with E-state index in [0.717, 1.165) is 0 Å². The van der Waals surface area contributed by atoms with Gasteiger partial charge in [0.25, 0.3) is 0 Å². The summed E-state index contributed by atoms with van der Waals surface area (Å²) in [5.74, 6) is 0.696. The van der Waals surface area contributed by atoms with Gasteiger partial charge in [0.05, 0.1) is 11.5 Å². The van der Waals surface area contributed by atoms with Crippen molar-refractivity contribution >= 4 is 28.7 Å². The summed E-state index contributed by atoms with van der Waals surface area (Å²) in [7, 11) is 0. The molecule has 104 valence electrons. The van der Waals surface area contributed by atoms with Crippen molar-refractivity contribution < 1.29 is 9.66 Å². The van der Waals surface area contributed by atoms with Crippen LogP contribution in [0, 0.1) is 10.1 Å². The number of para-hydroxylation sites is 1. The highest BCUT2D eigenvalue weighted by molar-refractivity contribution is 6.33. The number of anilines is 2. The Morgan fingerprint density at radius 2 is 2.05 bits per heavy atom. The highest BCUT2D eigenvalue weighted by Crippen LogP contribution is 2.34. The van der Waals surface area contributed by atoms with Crippen molar-refractivity contribution in [3.05, 3.63) is 57.6 Å². The van der Waals surface area contributed by atoms with Gasteiger partial charge >= 0.3 is 5.69 Å². The van der Waals surface area contributed by atoms with E-state index in [2.05, 4.69) is 5.32 Å². The number of ether oxygens (including phenoxy) is 1. The van der Waals surface area contributed by atoms with Gasteiger partial charge in [0.1, 0.15) is 16.5 Å². The van der Waals surface area contributed by atoms with Crippen LogP contribution in [0.1, 0.15) is 6.92 Å². The Morgan fingerprint density at radius 3 is 2.75 bits per heavy atom. The third kappa shape index (κ3) is 3.19. The van der Waals surface area contributed by atoms with E-state index in [1.54, 1.807) is 24.3 Å². The number of nitrogens with zero attached hydrogens (tertiary/aromatic N) is 1. The Hall–Kier alpha value is -2.27. The van der Waals surface area contributed by atoms with Crippen LogP contribution in [-0.4, -0.2) is 11.5 Å². The number of nitro benzene ring substituents is 1. The third-order valence-corrected chi connectivity index (χ3v) is 2.90. The van der Waals surface area contributed by atoms with Crippen LogP contribution < -0.4 is 10.1 Å². The lowest BCUT2D eigenvalue weighted by Crippen LogP contribution is -1.98. The standard InChI is InChI=1S/C14H13ClN2O3/c1-2-20-11-6-3-5-10(9-11)16-13-8-4-7-12(15)14(13)17(18)19/h3-9,16H,2H2,1H3. The van der Waals surface area contributed by atoms with Gasteiger partial charge in [-0.25, -0.2) is 0 Å². The molecule has 2 aromatic rings. The molecule has 0 bridgehead atoms. The van der Waals surface area contributed by atoms with Crippen LogP contribution >= 0.6 is 11.6 Å². The molecule has 0 fully saturated rings. The molecule has 0 aliphatic rings. The minimum atomic E-state index is -0.503. The molecule has 0 unspecified atom stereocenters. The van der Waals surface area contributed by atoms with Crippen molar-refractivity contribution in [1.82, 2.24) is 0 Å². The van der Waals surface area contributed by atoms with Crippen LogP contribution in [0.2, 0.25) is 5.02 Å². The van der Waals surface area contributed by atoms with Crippen LogP contribution in [0.4, 0.5) is 17.1 Å². The Kier molecular flexibility index (Phi) is 4.42. The zero-order valence-electron chi connectivity index (χ0n) is 10.8. The summed E-state index contributed by atoms with van der Waals surface area (Å²) >= 11 is 5.87. The van der Waals surface area contributed by atoms with Crippen molar-refractivity contribution in [2.24, 2.45) is 0 Å². The predicted octanol–water partition coefficient (Wildman–Crippen LogP) is 4.39. The van der Waals surface area contributed by atoms with Crippen molar-refractivity contribution in [2.45, 2.75) is 6.92 Å². The average molecular weight is 293 g/mol. The van der Waals surface area contributed by atoms with Crippen LogP contribution in [-0.2, 0) is 0 Å². The van der Waals surface area contributed by atoms with E-state index in [-0.39, 0.29) is 10.7 Å². The molecule has 2 rings (SSSR count). The van der Waals surface area contributed by atoms with Crippen LogP contribution in [0.5, 0.6) is 5.75 Å². The van der Waals surface area contributed by atoms with Crippen LogP contribution in [0.3, 0.4) is 0 Å². The largest absolute Gasteiger partial charge is 0.494 e. The first-order valence-electron chi connectivity index (χ1n) is 6.04. The van der Waals surface area contributed by atoms with E-state index in [4.69, 9.17) is 16.3 Å². The second-order valence-electron chi connectivity index (χ2n) is 3.98. The van der Waals surface area contributed by atoms with E-state index < -0.39 is 4.92 Å². The van der Waals surface area contributed by atoms with E-state index in [1.165, 1.54) is 6.07 Å². The fraction of sp³-hybridized carbons (Fsp3) is 0.143. The molecule has 6 heteroatoms. The van der Waals surface area contributed by atoms with Crippen molar-refractivity contribution in [2.75, 3.05) is 11.9 Å². The highest BCUT2D eigenvalue weighted by atomic mass is 35.5. The van der Waals surface area contributed by atoms with Crippen molar-refractivity contribution in [1.29, 1.82) is 0 Å². The number of nitro groups is 1. The van der Waals surface area contributed by atoms with Gasteiger partial charge < -0.3 is 10.1 Å². The summed E-state index contributed by atoms with van der Waals surface area (Å²) in [6.07, 6.45) is 0. The molecule has 0 radical (unpaired) electrons. The SMILES string of the molecule is CCOc1cccc(Nc2cccc(Cl)c2[N+](=O)[O-])c1. The molecule has 0 spiro atoms. The summed E-state index contributed by atoms with van der Waals surface area (Å²) in [5, 5.41) is 14.1. The van der Waals surface area contributed by atoms with Crippen LogP contribution in [0.15, 0.2) is 42.5 Å². The third-order valence-electron chi connectivity index (χ3n) is 2.59. The van der Waals surface area contributed by atoms with Gasteiger partial charge in [-0.15, -0.1) is 0 Å². The first kappa shape index (κ1) is 14.1. The maximum absolute atomic E-state index is 11.1. The lowest BCUT2D eigenvalue weighted by atomic mass is 10.2. The summed E-state index contributed by atoms with van der Waals surface area (Å²) in [6.45, 7) is 2.45. The number of hydrogen-bond donors (Lipinski definition) is 1. The molecule has 2 aromatic carbocycles. The topological polar surface area (TPSA) is 64.4 Å². The molecule has 0 saturated carbocycles. The Morgan fingerprint density at radius 1 is 1.30 bits per heavy atom. The maximum Gasteiger partial charge on any atom is 0.311 e. The van der Waals surface area contributed by atoms with Gasteiger partial charge in [0.2, 0.25) is 0 Å². The molecule has 0 atom stereocenters.